The van der Waals surface area contributed by atoms with E-state index in [-0.39, 0.29) is 0 Å². The molecular formula is C24H32N2. The minimum atomic E-state index is 0.799. The topological polar surface area (TPSA) is 19.0 Å². The zero-order valence-corrected chi connectivity index (χ0v) is 17.1. The van der Waals surface area contributed by atoms with E-state index in [4.69, 9.17) is 6.42 Å². The molecule has 0 spiro atoms. The molecule has 0 aliphatic heterocycles. The van der Waals surface area contributed by atoms with Gasteiger partial charge < -0.3 is 9.88 Å². The van der Waals surface area contributed by atoms with Gasteiger partial charge in [0.25, 0.3) is 0 Å². The zero-order chi connectivity index (χ0) is 20.1. The minimum absolute atomic E-state index is 0.799. The molecule has 2 aromatic rings. The lowest BCUT2D eigenvalue weighted by Crippen LogP contribution is -2.05. The Morgan fingerprint density at radius 1 is 1.15 bits per heavy atom. The number of rotatable bonds is 5. The second-order valence-electron chi connectivity index (χ2n) is 4.85. The average Bonchev–Trinajstić information content (AvgIpc) is 3.13. The zero-order valence-electron chi connectivity index (χ0n) is 17.1. The number of H-pyrrole nitrogens is 1. The van der Waals surface area contributed by atoms with Crippen molar-refractivity contribution < 1.29 is 0 Å². The van der Waals surface area contributed by atoms with E-state index in [1.807, 2.05) is 76.9 Å². The van der Waals surface area contributed by atoms with Crippen LogP contribution in [0.2, 0.25) is 0 Å². The molecule has 0 saturated heterocycles. The molecule has 26 heavy (non-hydrogen) atoms. The van der Waals surface area contributed by atoms with Crippen molar-refractivity contribution >= 4 is 22.2 Å². The van der Waals surface area contributed by atoms with Crippen LogP contribution in [0.3, 0.4) is 0 Å². The molecule has 0 saturated carbocycles. The van der Waals surface area contributed by atoms with E-state index < -0.39 is 0 Å². The van der Waals surface area contributed by atoms with Crippen molar-refractivity contribution in [2.75, 3.05) is 4.90 Å². The van der Waals surface area contributed by atoms with Crippen LogP contribution < -0.4 is 4.90 Å². The van der Waals surface area contributed by atoms with Crippen molar-refractivity contribution in [1.29, 1.82) is 0 Å². The maximum Gasteiger partial charge on any atom is 0.0471 e. The van der Waals surface area contributed by atoms with E-state index in [0.29, 0.717) is 0 Å². The lowest BCUT2D eigenvalue weighted by Gasteiger charge is -2.14. The number of nitrogens with zero attached hydrogens (tertiary/aromatic N) is 1. The fraction of sp³-hybridized carbons (Fsp3) is 0.250. The highest BCUT2D eigenvalue weighted by Crippen LogP contribution is 2.27. The number of terminal acetylenes is 1. The first-order valence-electron chi connectivity index (χ1n) is 9.13. The smallest absolute Gasteiger partial charge is 0.0471 e. The van der Waals surface area contributed by atoms with Gasteiger partial charge in [-0.15, -0.1) is 6.42 Å². The van der Waals surface area contributed by atoms with Gasteiger partial charge in [-0.25, -0.2) is 0 Å². The van der Waals surface area contributed by atoms with Gasteiger partial charge in [0.2, 0.25) is 0 Å². The highest BCUT2D eigenvalue weighted by Gasteiger charge is 2.08. The molecule has 0 aliphatic rings. The summed E-state index contributed by atoms with van der Waals surface area (Å²) in [5.41, 5.74) is 4.68. The molecule has 1 aromatic carbocycles. The molecule has 1 heterocycles. The Morgan fingerprint density at radius 3 is 2.31 bits per heavy atom. The highest BCUT2D eigenvalue weighted by molar-refractivity contribution is 5.91. The summed E-state index contributed by atoms with van der Waals surface area (Å²) in [5.74, 6) is 2.66. The minimum Gasteiger partial charge on any atom is -0.355 e. The molecule has 2 rings (SSSR count). The Balaban J connectivity index is 0.00000146. The van der Waals surface area contributed by atoms with Gasteiger partial charge in [0.05, 0.1) is 0 Å². The number of aromatic amines is 1. The van der Waals surface area contributed by atoms with Crippen LogP contribution in [0.25, 0.3) is 16.5 Å². The lowest BCUT2D eigenvalue weighted by molar-refractivity contribution is 1.28. The Morgan fingerprint density at radius 2 is 1.81 bits per heavy atom. The van der Waals surface area contributed by atoms with Crippen LogP contribution >= 0.6 is 0 Å². The van der Waals surface area contributed by atoms with Gasteiger partial charge in [0, 0.05) is 45.8 Å². The van der Waals surface area contributed by atoms with Crippen LogP contribution in [0.15, 0.2) is 67.5 Å². The van der Waals surface area contributed by atoms with Gasteiger partial charge in [0.15, 0.2) is 0 Å². The summed E-state index contributed by atoms with van der Waals surface area (Å²) in [6, 6.07) is 8.27. The van der Waals surface area contributed by atoms with E-state index >= 15 is 0 Å². The highest BCUT2D eigenvalue weighted by atomic mass is 15.1. The quantitative estimate of drug-likeness (QED) is 0.444. The number of hydrogen-bond acceptors (Lipinski definition) is 1. The van der Waals surface area contributed by atoms with Crippen LogP contribution in [0.1, 0.15) is 47.2 Å². The van der Waals surface area contributed by atoms with E-state index in [2.05, 4.69) is 36.2 Å². The van der Waals surface area contributed by atoms with Crippen molar-refractivity contribution in [3.63, 3.8) is 0 Å². The SMILES string of the molecule is C#C/C(=C\C)C(=C)c1cc2cc(N(C=C)/C=C\C)ccc2[nH]1.CC.CC. The van der Waals surface area contributed by atoms with Crippen LogP contribution in [0.5, 0.6) is 0 Å². The third-order valence-electron chi connectivity index (χ3n) is 3.50. The van der Waals surface area contributed by atoms with Crippen LogP contribution in [0, 0.1) is 12.3 Å². The third-order valence-corrected chi connectivity index (χ3v) is 3.50. The second-order valence-corrected chi connectivity index (χ2v) is 4.85. The van der Waals surface area contributed by atoms with Crippen molar-refractivity contribution in [2.45, 2.75) is 41.5 Å². The van der Waals surface area contributed by atoms with E-state index in [1.54, 1.807) is 6.20 Å². The summed E-state index contributed by atoms with van der Waals surface area (Å²) >= 11 is 0. The number of nitrogens with one attached hydrogen (secondary N) is 1. The van der Waals surface area contributed by atoms with Crippen molar-refractivity contribution in [1.82, 2.24) is 4.98 Å². The number of hydrogen-bond donors (Lipinski definition) is 1. The number of aromatic nitrogens is 1. The summed E-state index contributed by atoms with van der Waals surface area (Å²) in [4.78, 5) is 5.33. The lowest BCUT2D eigenvalue weighted by atomic mass is 10.1. The Bertz CT molecular complexity index is 810. The molecule has 1 aromatic heterocycles. The summed E-state index contributed by atoms with van der Waals surface area (Å²) in [5, 5.41) is 1.11. The Hall–Kier alpha value is -2.92. The molecule has 0 radical (unpaired) electrons. The van der Waals surface area contributed by atoms with Gasteiger partial charge in [0.1, 0.15) is 0 Å². The number of benzene rings is 1. The number of anilines is 1. The molecule has 2 nitrogen and oxygen atoms in total. The van der Waals surface area contributed by atoms with Crippen molar-refractivity contribution in [2.24, 2.45) is 0 Å². The van der Waals surface area contributed by atoms with Gasteiger partial charge in [-0.2, -0.15) is 0 Å². The average molecular weight is 349 g/mol. The summed E-state index contributed by atoms with van der Waals surface area (Å²) in [6.45, 7) is 19.8. The fourth-order valence-electron chi connectivity index (χ4n) is 2.35. The fourth-order valence-corrected chi connectivity index (χ4v) is 2.35. The van der Waals surface area contributed by atoms with E-state index in [9.17, 15) is 0 Å². The number of fused-ring (bicyclic) bond motifs is 1. The normalized spacial score (nSPS) is 10.3. The first-order valence-corrected chi connectivity index (χ1v) is 9.13. The number of allylic oxidation sites excluding steroid dienone is 4. The van der Waals surface area contributed by atoms with Gasteiger partial charge in [-0.05, 0) is 38.1 Å². The Labute approximate surface area is 159 Å². The molecular weight excluding hydrogens is 316 g/mol. The maximum absolute atomic E-state index is 5.51. The monoisotopic (exact) mass is 348 g/mol. The predicted molar refractivity (Wildman–Crippen MR) is 120 cm³/mol. The van der Waals surface area contributed by atoms with Gasteiger partial charge >= 0.3 is 0 Å². The second kappa shape index (κ2) is 12.4. The summed E-state index contributed by atoms with van der Waals surface area (Å²) < 4.78 is 0. The van der Waals surface area contributed by atoms with E-state index in [1.165, 1.54) is 0 Å². The van der Waals surface area contributed by atoms with Crippen molar-refractivity contribution in [3.8, 4) is 12.3 Å². The molecule has 2 heteroatoms. The van der Waals surface area contributed by atoms with E-state index in [0.717, 1.165) is 33.4 Å². The largest absolute Gasteiger partial charge is 0.355 e. The van der Waals surface area contributed by atoms with Gasteiger partial charge in [-0.3, -0.25) is 0 Å². The summed E-state index contributed by atoms with van der Waals surface area (Å²) in [7, 11) is 0. The molecule has 0 bridgehead atoms. The molecule has 0 aliphatic carbocycles. The van der Waals surface area contributed by atoms with Crippen LogP contribution in [-0.4, -0.2) is 4.98 Å². The first kappa shape index (κ1) is 23.1. The van der Waals surface area contributed by atoms with Gasteiger partial charge in [-0.1, -0.05) is 58.9 Å². The van der Waals surface area contributed by atoms with Crippen LogP contribution in [0.4, 0.5) is 5.69 Å². The molecule has 0 amide bonds. The molecule has 0 unspecified atom stereocenters. The third kappa shape index (κ3) is 5.57. The summed E-state index contributed by atoms with van der Waals surface area (Å²) in [6.07, 6.45) is 13.1. The van der Waals surface area contributed by atoms with Crippen molar-refractivity contribution in [3.05, 3.63) is 73.2 Å². The standard InChI is InChI=1S/C20H20N2.2C2H6/c1-6-12-22(9-4)18-10-11-19-17(13-18)14-20(21-19)15(5)16(7-2)8-3;2*1-2/h2,6,8-14,21H,4-5H2,1,3H3;2*1-2H3/b12-6-,16-8+;;. The Kier molecular flexibility index (Phi) is 11.0. The molecule has 0 fully saturated rings. The maximum atomic E-state index is 5.51. The molecule has 0 atom stereocenters. The predicted octanol–water partition coefficient (Wildman–Crippen LogP) is 7.30. The van der Waals surface area contributed by atoms with Crippen LogP contribution in [-0.2, 0) is 0 Å². The molecule has 1 N–H and O–H groups in total. The first-order chi connectivity index (χ1) is 12.6. The molecule has 138 valence electrons.